The summed E-state index contributed by atoms with van der Waals surface area (Å²) in [6.07, 6.45) is 0. The Morgan fingerprint density at radius 2 is 1.18 bits per heavy atom. The van der Waals surface area contributed by atoms with Crippen molar-refractivity contribution in [2.45, 2.75) is 38.5 Å². The Morgan fingerprint density at radius 1 is 0.500 bits per heavy atom. The van der Waals surface area contributed by atoms with E-state index in [9.17, 15) is 0 Å². The van der Waals surface area contributed by atoms with Crippen LogP contribution in [0.2, 0.25) is 0 Å². The summed E-state index contributed by atoms with van der Waals surface area (Å²) in [5, 5.41) is 6.13. The molecule has 2 nitrogen and oxygen atoms in total. The maximum absolute atomic E-state index is 6.58. The second kappa shape index (κ2) is 8.74. The molecule has 2 aliphatic rings. The highest BCUT2D eigenvalue weighted by Gasteiger charge is 2.43. The first-order valence-electron chi connectivity index (χ1n) is 15.5. The van der Waals surface area contributed by atoms with Gasteiger partial charge in [0.15, 0.2) is 0 Å². The van der Waals surface area contributed by atoms with E-state index in [-0.39, 0.29) is 10.8 Å². The van der Waals surface area contributed by atoms with Gasteiger partial charge in [-0.25, -0.2) is 0 Å². The van der Waals surface area contributed by atoms with Crippen molar-refractivity contribution in [3.63, 3.8) is 0 Å². The first-order valence-corrected chi connectivity index (χ1v) is 15.5. The molecule has 6 aromatic carbocycles. The number of furan rings is 1. The Balaban J connectivity index is 1.18. The predicted octanol–water partition coefficient (Wildman–Crippen LogP) is 11.6. The molecule has 0 aliphatic heterocycles. The zero-order valence-electron chi connectivity index (χ0n) is 25.5. The van der Waals surface area contributed by atoms with Crippen molar-refractivity contribution in [1.29, 1.82) is 0 Å². The SMILES string of the molecule is CC1(C)c2cc(Nc3ccccc3-c3ccccc3)ccc2-c2cc3c(cc21)-c1c(ccc2c1oc1ccccc12)C3(C)C. The number of hydrogen-bond acceptors (Lipinski definition) is 2. The normalized spacial score (nSPS) is 15.2. The molecule has 0 bridgehead atoms. The molecule has 0 atom stereocenters. The van der Waals surface area contributed by atoms with E-state index < -0.39 is 0 Å². The van der Waals surface area contributed by atoms with E-state index in [1.165, 1.54) is 66.4 Å². The number of anilines is 2. The summed E-state index contributed by atoms with van der Waals surface area (Å²) in [5.74, 6) is 0. The van der Waals surface area contributed by atoms with Crippen LogP contribution in [-0.2, 0) is 10.8 Å². The molecule has 0 amide bonds. The minimum atomic E-state index is -0.148. The van der Waals surface area contributed by atoms with Crippen LogP contribution in [0.4, 0.5) is 11.4 Å². The van der Waals surface area contributed by atoms with Gasteiger partial charge in [-0.2, -0.15) is 0 Å². The number of nitrogens with one attached hydrogen (secondary N) is 1. The summed E-state index contributed by atoms with van der Waals surface area (Å²) >= 11 is 0. The summed E-state index contributed by atoms with van der Waals surface area (Å²) < 4.78 is 6.58. The second-order valence-corrected chi connectivity index (χ2v) is 13.5. The fraction of sp³-hybridized carbons (Fsp3) is 0.143. The van der Waals surface area contributed by atoms with Crippen molar-refractivity contribution in [1.82, 2.24) is 0 Å². The summed E-state index contributed by atoms with van der Waals surface area (Å²) in [5.41, 5.74) is 17.0. The zero-order chi connectivity index (χ0) is 29.8. The molecule has 0 saturated heterocycles. The van der Waals surface area contributed by atoms with Crippen LogP contribution in [0.5, 0.6) is 0 Å². The molecule has 1 aromatic heterocycles. The van der Waals surface area contributed by atoms with Crippen LogP contribution >= 0.6 is 0 Å². The lowest BCUT2D eigenvalue weighted by Crippen LogP contribution is -2.17. The Labute approximate surface area is 258 Å². The first kappa shape index (κ1) is 25.4. The average Bonchev–Trinajstić information content (AvgIpc) is 3.61. The van der Waals surface area contributed by atoms with Crippen molar-refractivity contribution in [3.8, 4) is 33.4 Å². The van der Waals surface area contributed by atoms with Crippen molar-refractivity contribution in [3.05, 3.63) is 144 Å². The van der Waals surface area contributed by atoms with Crippen LogP contribution in [0.25, 0.3) is 55.3 Å². The van der Waals surface area contributed by atoms with Crippen LogP contribution in [0, 0.1) is 0 Å². The molecule has 9 rings (SSSR count). The molecule has 2 aliphatic carbocycles. The van der Waals surface area contributed by atoms with Gasteiger partial charge in [-0.05, 0) is 80.9 Å². The third-order valence-electron chi connectivity index (χ3n) is 10.3. The van der Waals surface area contributed by atoms with Crippen molar-refractivity contribution >= 4 is 33.3 Å². The van der Waals surface area contributed by atoms with Crippen LogP contribution in [0.3, 0.4) is 0 Å². The van der Waals surface area contributed by atoms with Gasteiger partial charge in [-0.3, -0.25) is 0 Å². The third kappa shape index (κ3) is 3.37. The van der Waals surface area contributed by atoms with Gasteiger partial charge in [0.05, 0.1) is 0 Å². The predicted molar refractivity (Wildman–Crippen MR) is 184 cm³/mol. The standard InChI is InChI=1S/C42H33NO/c1-41(2)33-21-20-30-29-15-9-11-17-38(29)44-40(30)39(33)32-24-35-31(23-36(32)41)28-19-18-26(22-34(28)42(35,3)4)43-37-16-10-8-14-27(37)25-12-6-5-7-13-25/h5-24,43H,1-4H3. The van der Waals surface area contributed by atoms with Crippen LogP contribution in [0.1, 0.15) is 49.9 Å². The Bertz CT molecular complexity index is 2300. The first-order chi connectivity index (χ1) is 21.3. The summed E-state index contributed by atoms with van der Waals surface area (Å²) in [6, 6.07) is 44.0. The molecule has 0 unspecified atom stereocenters. The Hall–Kier alpha value is -5.08. The molecule has 0 saturated carbocycles. The van der Waals surface area contributed by atoms with E-state index >= 15 is 0 Å². The molecule has 1 heterocycles. The molecule has 44 heavy (non-hydrogen) atoms. The maximum atomic E-state index is 6.58. The zero-order valence-corrected chi connectivity index (χ0v) is 25.5. The Morgan fingerprint density at radius 3 is 2.05 bits per heavy atom. The highest BCUT2D eigenvalue weighted by Crippen LogP contribution is 2.58. The molecule has 212 valence electrons. The van der Waals surface area contributed by atoms with Gasteiger partial charge >= 0.3 is 0 Å². The van der Waals surface area contributed by atoms with Crippen LogP contribution < -0.4 is 5.32 Å². The van der Waals surface area contributed by atoms with Gasteiger partial charge in [0.25, 0.3) is 0 Å². The average molecular weight is 568 g/mol. The van der Waals surface area contributed by atoms with Crippen molar-refractivity contribution in [2.75, 3.05) is 5.32 Å². The van der Waals surface area contributed by atoms with E-state index in [0.29, 0.717) is 0 Å². The number of rotatable bonds is 3. The van der Waals surface area contributed by atoms with E-state index in [1.54, 1.807) is 0 Å². The summed E-state index contributed by atoms with van der Waals surface area (Å²) in [6.45, 7) is 9.45. The maximum Gasteiger partial charge on any atom is 0.143 e. The summed E-state index contributed by atoms with van der Waals surface area (Å²) in [4.78, 5) is 0. The molecular formula is C42H33NO. The van der Waals surface area contributed by atoms with E-state index in [0.717, 1.165) is 22.5 Å². The topological polar surface area (TPSA) is 25.2 Å². The van der Waals surface area contributed by atoms with Crippen LogP contribution in [0.15, 0.2) is 126 Å². The molecule has 0 fully saturated rings. The molecule has 2 heteroatoms. The lowest BCUT2D eigenvalue weighted by molar-refractivity contribution is 0.650. The quantitative estimate of drug-likeness (QED) is 0.230. The van der Waals surface area contributed by atoms with Crippen molar-refractivity contribution < 1.29 is 4.42 Å². The van der Waals surface area contributed by atoms with Crippen molar-refractivity contribution in [2.24, 2.45) is 0 Å². The summed E-state index contributed by atoms with van der Waals surface area (Å²) in [7, 11) is 0. The van der Waals surface area contributed by atoms with Gasteiger partial charge in [0.1, 0.15) is 11.2 Å². The van der Waals surface area contributed by atoms with Gasteiger partial charge in [-0.1, -0.05) is 113 Å². The van der Waals surface area contributed by atoms with Gasteiger partial charge < -0.3 is 9.73 Å². The lowest BCUT2D eigenvalue weighted by Gasteiger charge is -2.24. The molecular weight excluding hydrogens is 534 g/mol. The molecule has 0 radical (unpaired) electrons. The van der Waals surface area contributed by atoms with Gasteiger partial charge in [0.2, 0.25) is 0 Å². The third-order valence-corrected chi connectivity index (χ3v) is 10.3. The fourth-order valence-corrected chi connectivity index (χ4v) is 7.92. The Kier molecular flexibility index (Phi) is 5.05. The highest BCUT2D eigenvalue weighted by atomic mass is 16.3. The van der Waals surface area contributed by atoms with Gasteiger partial charge in [-0.15, -0.1) is 0 Å². The number of hydrogen-bond donors (Lipinski definition) is 1. The van der Waals surface area contributed by atoms with E-state index in [2.05, 4.69) is 154 Å². The van der Waals surface area contributed by atoms with Crippen LogP contribution in [-0.4, -0.2) is 0 Å². The lowest BCUT2D eigenvalue weighted by atomic mass is 9.79. The van der Waals surface area contributed by atoms with Gasteiger partial charge in [0, 0.05) is 44.1 Å². The minimum Gasteiger partial charge on any atom is -0.455 e. The highest BCUT2D eigenvalue weighted by molar-refractivity contribution is 6.12. The smallest absolute Gasteiger partial charge is 0.143 e. The number of para-hydroxylation sites is 2. The largest absolute Gasteiger partial charge is 0.455 e. The molecule has 7 aromatic rings. The second-order valence-electron chi connectivity index (χ2n) is 13.5. The number of fused-ring (bicyclic) bond motifs is 10. The van der Waals surface area contributed by atoms with E-state index in [4.69, 9.17) is 4.42 Å². The fourth-order valence-electron chi connectivity index (χ4n) is 7.92. The minimum absolute atomic E-state index is 0.123. The molecule has 0 spiro atoms. The molecule has 1 N–H and O–H groups in total. The number of benzene rings is 6. The monoisotopic (exact) mass is 567 g/mol. The van der Waals surface area contributed by atoms with E-state index in [1.807, 2.05) is 0 Å².